The zero-order chi connectivity index (χ0) is 13.7. The molecule has 1 atom stereocenters. The molecule has 0 bridgehead atoms. The second-order valence-electron chi connectivity index (χ2n) is 5.27. The average Bonchev–Trinajstić information content (AvgIpc) is 2.80. The standard InChI is InChI=1S/C16H21BrN2/c1-13-4-3-5-14(8-13)9-15(10-17)6-7-16-11-18-19(2)12-16/h3-5,8,11-12,15H,6-7,9-10H2,1-2H3. The second-order valence-corrected chi connectivity index (χ2v) is 5.92. The summed E-state index contributed by atoms with van der Waals surface area (Å²) >= 11 is 3.65. The molecule has 2 rings (SSSR count). The fraction of sp³-hybridized carbons (Fsp3) is 0.438. The molecule has 0 saturated heterocycles. The molecule has 0 aliphatic carbocycles. The number of rotatable bonds is 6. The predicted molar refractivity (Wildman–Crippen MR) is 83.7 cm³/mol. The van der Waals surface area contributed by atoms with E-state index in [1.807, 2.05) is 17.9 Å². The van der Waals surface area contributed by atoms with E-state index in [9.17, 15) is 0 Å². The smallest absolute Gasteiger partial charge is 0.0521 e. The van der Waals surface area contributed by atoms with Gasteiger partial charge in [-0.15, -0.1) is 0 Å². The molecule has 1 unspecified atom stereocenters. The van der Waals surface area contributed by atoms with Crippen LogP contribution in [0.15, 0.2) is 36.7 Å². The van der Waals surface area contributed by atoms with Gasteiger partial charge in [-0.2, -0.15) is 5.10 Å². The highest BCUT2D eigenvalue weighted by Gasteiger charge is 2.09. The summed E-state index contributed by atoms with van der Waals surface area (Å²) in [4.78, 5) is 0. The SMILES string of the molecule is Cc1cccc(CC(CBr)CCc2cnn(C)c2)c1. The Kier molecular flexibility index (Phi) is 5.20. The van der Waals surface area contributed by atoms with Crippen LogP contribution in [0.1, 0.15) is 23.1 Å². The van der Waals surface area contributed by atoms with Gasteiger partial charge in [-0.25, -0.2) is 0 Å². The lowest BCUT2D eigenvalue weighted by atomic mass is 9.94. The van der Waals surface area contributed by atoms with E-state index < -0.39 is 0 Å². The molecule has 0 fully saturated rings. The molecule has 0 aliphatic rings. The Hall–Kier alpha value is -1.09. The molecule has 0 amide bonds. The van der Waals surface area contributed by atoms with Crippen LogP contribution < -0.4 is 0 Å². The van der Waals surface area contributed by atoms with Crippen molar-refractivity contribution >= 4 is 15.9 Å². The van der Waals surface area contributed by atoms with E-state index in [0.29, 0.717) is 5.92 Å². The van der Waals surface area contributed by atoms with E-state index in [1.165, 1.54) is 23.1 Å². The van der Waals surface area contributed by atoms with Crippen molar-refractivity contribution in [2.45, 2.75) is 26.2 Å². The van der Waals surface area contributed by atoms with Crippen molar-refractivity contribution < 1.29 is 0 Å². The highest BCUT2D eigenvalue weighted by molar-refractivity contribution is 9.09. The molecule has 2 nitrogen and oxygen atoms in total. The average molecular weight is 321 g/mol. The van der Waals surface area contributed by atoms with Crippen molar-refractivity contribution in [3.63, 3.8) is 0 Å². The summed E-state index contributed by atoms with van der Waals surface area (Å²) in [5.41, 5.74) is 4.12. The number of benzene rings is 1. The lowest BCUT2D eigenvalue weighted by Crippen LogP contribution is -2.07. The maximum Gasteiger partial charge on any atom is 0.0521 e. The molecule has 0 N–H and O–H groups in total. The van der Waals surface area contributed by atoms with E-state index in [2.05, 4.69) is 58.4 Å². The Morgan fingerprint density at radius 3 is 2.79 bits per heavy atom. The Bertz CT molecular complexity index is 519. The lowest BCUT2D eigenvalue weighted by Gasteiger charge is -2.14. The predicted octanol–water partition coefficient (Wildman–Crippen LogP) is 3.91. The van der Waals surface area contributed by atoms with Crippen molar-refractivity contribution in [3.8, 4) is 0 Å². The maximum absolute atomic E-state index is 4.22. The fourth-order valence-electron chi connectivity index (χ4n) is 2.38. The van der Waals surface area contributed by atoms with Crippen LogP contribution in [-0.2, 0) is 19.9 Å². The summed E-state index contributed by atoms with van der Waals surface area (Å²) in [6, 6.07) is 8.83. The van der Waals surface area contributed by atoms with E-state index in [1.54, 1.807) is 0 Å². The van der Waals surface area contributed by atoms with Gasteiger partial charge in [-0.05, 0) is 43.2 Å². The topological polar surface area (TPSA) is 17.8 Å². The van der Waals surface area contributed by atoms with Crippen LogP contribution >= 0.6 is 15.9 Å². The van der Waals surface area contributed by atoms with Crippen LogP contribution in [0.3, 0.4) is 0 Å². The number of aromatic nitrogens is 2. The largest absolute Gasteiger partial charge is 0.276 e. The highest BCUT2D eigenvalue weighted by atomic mass is 79.9. The molecule has 1 aromatic heterocycles. The van der Waals surface area contributed by atoms with Crippen LogP contribution in [0.25, 0.3) is 0 Å². The zero-order valence-electron chi connectivity index (χ0n) is 11.6. The van der Waals surface area contributed by atoms with Gasteiger partial charge in [0.25, 0.3) is 0 Å². The summed E-state index contributed by atoms with van der Waals surface area (Å²) in [6.45, 7) is 2.16. The first-order valence-electron chi connectivity index (χ1n) is 6.76. The number of nitrogens with zero attached hydrogens (tertiary/aromatic N) is 2. The van der Waals surface area contributed by atoms with E-state index >= 15 is 0 Å². The first-order valence-corrected chi connectivity index (χ1v) is 7.88. The Morgan fingerprint density at radius 2 is 2.16 bits per heavy atom. The molecule has 2 aromatic rings. The lowest BCUT2D eigenvalue weighted by molar-refractivity contribution is 0.542. The first-order chi connectivity index (χ1) is 9.17. The normalized spacial score (nSPS) is 12.6. The number of halogens is 1. The van der Waals surface area contributed by atoms with E-state index in [-0.39, 0.29) is 0 Å². The molecular formula is C16H21BrN2. The summed E-state index contributed by atoms with van der Waals surface area (Å²) in [5, 5.41) is 5.28. The quantitative estimate of drug-likeness (QED) is 0.738. The maximum atomic E-state index is 4.22. The van der Waals surface area contributed by atoms with Crippen LogP contribution in [0.2, 0.25) is 0 Å². The summed E-state index contributed by atoms with van der Waals surface area (Å²) < 4.78 is 1.87. The Balaban J connectivity index is 1.89. The molecule has 19 heavy (non-hydrogen) atoms. The molecule has 1 heterocycles. The molecule has 102 valence electrons. The Morgan fingerprint density at radius 1 is 1.32 bits per heavy atom. The van der Waals surface area contributed by atoms with Crippen molar-refractivity contribution in [3.05, 3.63) is 53.3 Å². The Labute approximate surface area is 124 Å². The van der Waals surface area contributed by atoms with Crippen LogP contribution in [0, 0.1) is 12.8 Å². The first kappa shape index (κ1) is 14.3. The molecule has 0 radical (unpaired) electrons. The number of aryl methyl sites for hydroxylation is 3. The van der Waals surface area contributed by atoms with Gasteiger partial charge in [-0.3, -0.25) is 4.68 Å². The van der Waals surface area contributed by atoms with Crippen molar-refractivity contribution in [2.75, 3.05) is 5.33 Å². The van der Waals surface area contributed by atoms with Crippen LogP contribution in [0.4, 0.5) is 0 Å². The minimum absolute atomic E-state index is 0.682. The summed E-state index contributed by atoms with van der Waals surface area (Å²) in [5.74, 6) is 0.682. The number of hydrogen-bond acceptors (Lipinski definition) is 1. The zero-order valence-corrected chi connectivity index (χ0v) is 13.2. The summed E-state index contributed by atoms with van der Waals surface area (Å²) in [6.07, 6.45) is 7.53. The summed E-state index contributed by atoms with van der Waals surface area (Å²) in [7, 11) is 1.97. The molecular weight excluding hydrogens is 300 g/mol. The monoisotopic (exact) mass is 320 g/mol. The molecule has 0 aliphatic heterocycles. The van der Waals surface area contributed by atoms with Gasteiger partial charge in [-0.1, -0.05) is 45.8 Å². The van der Waals surface area contributed by atoms with Gasteiger partial charge in [0.2, 0.25) is 0 Å². The minimum atomic E-state index is 0.682. The van der Waals surface area contributed by atoms with Gasteiger partial charge in [0.1, 0.15) is 0 Å². The van der Waals surface area contributed by atoms with Crippen LogP contribution in [-0.4, -0.2) is 15.1 Å². The fourth-order valence-corrected chi connectivity index (χ4v) is 2.93. The third-order valence-corrected chi connectivity index (χ3v) is 4.34. The van der Waals surface area contributed by atoms with E-state index in [0.717, 1.165) is 18.2 Å². The van der Waals surface area contributed by atoms with Crippen molar-refractivity contribution in [1.29, 1.82) is 0 Å². The minimum Gasteiger partial charge on any atom is -0.276 e. The van der Waals surface area contributed by atoms with Gasteiger partial charge in [0.05, 0.1) is 6.20 Å². The molecule has 3 heteroatoms. The van der Waals surface area contributed by atoms with E-state index in [4.69, 9.17) is 0 Å². The van der Waals surface area contributed by atoms with Gasteiger partial charge < -0.3 is 0 Å². The van der Waals surface area contributed by atoms with Crippen molar-refractivity contribution in [1.82, 2.24) is 9.78 Å². The third-order valence-electron chi connectivity index (χ3n) is 3.42. The molecule has 0 saturated carbocycles. The van der Waals surface area contributed by atoms with Gasteiger partial charge >= 0.3 is 0 Å². The number of alkyl halides is 1. The third kappa shape index (κ3) is 4.50. The number of hydrogen-bond donors (Lipinski definition) is 0. The molecule has 0 spiro atoms. The highest BCUT2D eigenvalue weighted by Crippen LogP contribution is 2.18. The van der Waals surface area contributed by atoms with Crippen LogP contribution in [0.5, 0.6) is 0 Å². The second kappa shape index (κ2) is 6.90. The molecule has 1 aromatic carbocycles. The van der Waals surface area contributed by atoms with Crippen molar-refractivity contribution in [2.24, 2.45) is 13.0 Å². The van der Waals surface area contributed by atoms with Gasteiger partial charge in [0.15, 0.2) is 0 Å². The van der Waals surface area contributed by atoms with Gasteiger partial charge in [0, 0.05) is 18.6 Å².